The summed E-state index contributed by atoms with van der Waals surface area (Å²) < 4.78 is 0. The summed E-state index contributed by atoms with van der Waals surface area (Å²) in [6.45, 7) is 13.4. The third-order valence-electron chi connectivity index (χ3n) is 3.48. The molecule has 0 amide bonds. The maximum atomic E-state index is 3.41. The molecule has 1 aromatic carbocycles. The molecule has 0 saturated carbocycles. The Morgan fingerprint density at radius 2 is 1.82 bits per heavy atom. The zero-order chi connectivity index (χ0) is 12.9. The Bertz CT molecular complexity index is 353. The molecule has 1 heteroatoms. The van der Waals surface area contributed by atoms with Crippen LogP contribution < -0.4 is 5.32 Å². The van der Waals surface area contributed by atoms with Gasteiger partial charge in [-0.3, -0.25) is 0 Å². The van der Waals surface area contributed by atoms with Gasteiger partial charge in [-0.25, -0.2) is 0 Å². The van der Waals surface area contributed by atoms with Gasteiger partial charge in [0.2, 0.25) is 0 Å². The summed E-state index contributed by atoms with van der Waals surface area (Å²) in [5.41, 5.74) is 4.64. The molecule has 0 spiro atoms. The van der Waals surface area contributed by atoms with Crippen molar-refractivity contribution in [2.75, 3.05) is 13.1 Å². The van der Waals surface area contributed by atoms with Gasteiger partial charge in [0.1, 0.15) is 0 Å². The van der Waals surface area contributed by atoms with E-state index in [4.69, 9.17) is 0 Å². The Hall–Kier alpha value is -0.820. The summed E-state index contributed by atoms with van der Waals surface area (Å²) in [5, 5.41) is 3.41. The Balaban J connectivity index is 2.59. The fourth-order valence-corrected chi connectivity index (χ4v) is 2.16. The Kier molecular flexibility index (Phi) is 5.20. The van der Waals surface area contributed by atoms with Crippen molar-refractivity contribution in [2.45, 2.75) is 47.5 Å². The number of aryl methyl sites for hydroxylation is 2. The molecular formula is C16H27N. The molecule has 0 unspecified atom stereocenters. The fraction of sp³-hybridized carbons (Fsp3) is 0.625. The number of benzene rings is 1. The second-order valence-corrected chi connectivity index (χ2v) is 5.86. The first-order valence-corrected chi connectivity index (χ1v) is 6.71. The van der Waals surface area contributed by atoms with Crippen LogP contribution in [0, 0.1) is 19.3 Å². The highest BCUT2D eigenvalue weighted by atomic mass is 14.8. The Morgan fingerprint density at radius 3 is 2.41 bits per heavy atom. The smallest absolute Gasteiger partial charge is 0.00438 e. The number of hydrogen-bond donors (Lipinski definition) is 1. The van der Waals surface area contributed by atoms with E-state index in [0.717, 1.165) is 13.1 Å². The SMILES string of the molecule is CCNCCC(C)(C)Cc1ccc(C)c(C)c1. The first-order chi connectivity index (χ1) is 7.94. The molecule has 0 bridgehead atoms. The molecule has 1 nitrogen and oxygen atoms in total. The zero-order valence-corrected chi connectivity index (χ0v) is 12.1. The van der Waals surface area contributed by atoms with E-state index in [1.807, 2.05) is 0 Å². The molecule has 0 atom stereocenters. The predicted octanol–water partition coefficient (Wildman–Crippen LogP) is 3.87. The summed E-state index contributed by atoms with van der Waals surface area (Å²) in [6, 6.07) is 6.85. The normalized spacial score (nSPS) is 11.8. The lowest BCUT2D eigenvalue weighted by Crippen LogP contribution is -2.23. The first kappa shape index (κ1) is 14.2. The minimum Gasteiger partial charge on any atom is -0.317 e. The molecule has 17 heavy (non-hydrogen) atoms. The highest BCUT2D eigenvalue weighted by Crippen LogP contribution is 2.26. The first-order valence-electron chi connectivity index (χ1n) is 6.71. The van der Waals surface area contributed by atoms with Crippen molar-refractivity contribution in [1.29, 1.82) is 0 Å². The molecule has 1 rings (SSSR count). The van der Waals surface area contributed by atoms with Gasteiger partial charge in [0.15, 0.2) is 0 Å². The van der Waals surface area contributed by atoms with Gasteiger partial charge in [-0.05, 0) is 61.9 Å². The van der Waals surface area contributed by atoms with Gasteiger partial charge in [0.25, 0.3) is 0 Å². The lowest BCUT2D eigenvalue weighted by atomic mass is 9.82. The lowest BCUT2D eigenvalue weighted by Gasteiger charge is -2.25. The van der Waals surface area contributed by atoms with Crippen molar-refractivity contribution in [3.8, 4) is 0 Å². The third-order valence-corrected chi connectivity index (χ3v) is 3.48. The maximum Gasteiger partial charge on any atom is -0.00438 e. The van der Waals surface area contributed by atoms with Crippen LogP contribution in [0.1, 0.15) is 43.9 Å². The van der Waals surface area contributed by atoms with E-state index >= 15 is 0 Å². The number of hydrogen-bond acceptors (Lipinski definition) is 1. The van der Waals surface area contributed by atoms with E-state index in [1.54, 1.807) is 0 Å². The van der Waals surface area contributed by atoms with Crippen molar-refractivity contribution < 1.29 is 0 Å². The van der Waals surface area contributed by atoms with Crippen molar-refractivity contribution in [3.05, 3.63) is 34.9 Å². The van der Waals surface area contributed by atoms with Crippen LogP contribution in [0.3, 0.4) is 0 Å². The largest absolute Gasteiger partial charge is 0.317 e. The molecule has 1 N–H and O–H groups in total. The quantitative estimate of drug-likeness (QED) is 0.735. The molecule has 0 saturated heterocycles. The van der Waals surface area contributed by atoms with Crippen LogP contribution >= 0.6 is 0 Å². The molecule has 96 valence electrons. The highest BCUT2D eigenvalue weighted by molar-refractivity contribution is 5.30. The molecule has 0 aliphatic heterocycles. The van der Waals surface area contributed by atoms with Crippen LogP contribution in [0.2, 0.25) is 0 Å². The monoisotopic (exact) mass is 233 g/mol. The van der Waals surface area contributed by atoms with E-state index in [-0.39, 0.29) is 0 Å². The molecule has 0 radical (unpaired) electrons. The van der Waals surface area contributed by atoms with Gasteiger partial charge in [-0.2, -0.15) is 0 Å². The molecule has 0 aliphatic rings. The van der Waals surface area contributed by atoms with Crippen molar-refractivity contribution in [1.82, 2.24) is 5.32 Å². The number of nitrogens with one attached hydrogen (secondary N) is 1. The molecule has 0 aromatic heterocycles. The van der Waals surface area contributed by atoms with Crippen LogP contribution in [-0.4, -0.2) is 13.1 Å². The standard InChI is InChI=1S/C16H27N/c1-6-17-10-9-16(4,5)12-15-8-7-13(2)14(3)11-15/h7-8,11,17H,6,9-10,12H2,1-5H3. The van der Waals surface area contributed by atoms with Gasteiger partial charge in [0, 0.05) is 0 Å². The average Bonchev–Trinajstić information content (AvgIpc) is 2.23. The summed E-state index contributed by atoms with van der Waals surface area (Å²) in [7, 11) is 0. The molecule has 0 aliphatic carbocycles. The summed E-state index contributed by atoms with van der Waals surface area (Å²) >= 11 is 0. The predicted molar refractivity (Wildman–Crippen MR) is 76.6 cm³/mol. The number of rotatable bonds is 6. The van der Waals surface area contributed by atoms with Crippen LogP contribution in [0.4, 0.5) is 0 Å². The Labute approximate surface area is 107 Å². The van der Waals surface area contributed by atoms with E-state index in [0.29, 0.717) is 5.41 Å². The summed E-state index contributed by atoms with van der Waals surface area (Å²) in [4.78, 5) is 0. The third kappa shape index (κ3) is 4.91. The molecular weight excluding hydrogens is 206 g/mol. The molecule has 0 heterocycles. The maximum absolute atomic E-state index is 3.41. The second-order valence-electron chi connectivity index (χ2n) is 5.86. The average molecular weight is 233 g/mol. The van der Waals surface area contributed by atoms with Crippen molar-refractivity contribution in [3.63, 3.8) is 0 Å². The van der Waals surface area contributed by atoms with E-state index < -0.39 is 0 Å². The van der Waals surface area contributed by atoms with Gasteiger partial charge in [-0.1, -0.05) is 39.0 Å². The molecule has 0 fully saturated rings. The highest BCUT2D eigenvalue weighted by Gasteiger charge is 2.18. The summed E-state index contributed by atoms with van der Waals surface area (Å²) in [6.07, 6.45) is 2.40. The van der Waals surface area contributed by atoms with Crippen LogP contribution in [0.25, 0.3) is 0 Å². The van der Waals surface area contributed by atoms with Crippen molar-refractivity contribution >= 4 is 0 Å². The van der Waals surface area contributed by atoms with Gasteiger partial charge in [0.05, 0.1) is 0 Å². The van der Waals surface area contributed by atoms with Gasteiger partial charge >= 0.3 is 0 Å². The zero-order valence-electron chi connectivity index (χ0n) is 12.1. The van der Waals surface area contributed by atoms with Crippen LogP contribution in [0.5, 0.6) is 0 Å². The van der Waals surface area contributed by atoms with E-state index in [2.05, 4.69) is 58.1 Å². The summed E-state index contributed by atoms with van der Waals surface area (Å²) in [5.74, 6) is 0. The van der Waals surface area contributed by atoms with E-state index in [1.165, 1.54) is 29.5 Å². The van der Waals surface area contributed by atoms with Crippen LogP contribution in [-0.2, 0) is 6.42 Å². The Morgan fingerprint density at radius 1 is 1.12 bits per heavy atom. The minimum absolute atomic E-state index is 0.379. The van der Waals surface area contributed by atoms with Gasteiger partial charge < -0.3 is 5.32 Å². The lowest BCUT2D eigenvalue weighted by molar-refractivity contribution is 0.327. The van der Waals surface area contributed by atoms with Crippen molar-refractivity contribution in [2.24, 2.45) is 5.41 Å². The second kappa shape index (κ2) is 6.20. The molecule has 1 aromatic rings. The van der Waals surface area contributed by atoms with Gasteiger partial charge in [-0.15, -0.1) is 0 Å². The topological polar surface area (TPSA) is 12.0 Å². The van der Waals surface area contributed by atoms with Crippen LogP contribution in [0.15, 0.2) is 18.2 Å². The minimum atomic E-state index is 0.379. The fourth-order valence-electron chi connectivity index (χ4n) is 2.16. The van der Waals surface area contributed by atoms with E-state index in [9.17, 15) is 0 Å².